The Morgan fingerprint density at radius 3 is 1.53 bits per heavy atom. The topological polar surface area (TPSA) is 111 Å². The molecule has 0 fully saturated rings. The molecule has 2 aromatic carbocycles. The number of rotatable bonds is 12. The van der Waals surface area contributed by atoms with Crippen molar-refractivity contribution < 1.29 is 28.7 Å². The lowest BCUT2D eigenvalue weighted by molar-refractivity contribution is -0.139. The number of esters is 2. The minimum Gasteiger partial charge on any atom is -0.462 e. The lowest BCUT2D eigenvalue weighted by Gasteiger charge is -2.23. The molecule has 8 nitrogen and oxygen atoms in total. The summed E-state index contributed by atoms with van der Waals surface area (Å²) < 4.78 is 10.2. The summed E-state index contributed by atoms with van der Waals surface area (Å²) in [6.45, 7) is 11.6. The van der Waals surface area contributed by atoms with Gasteiger partial charge in [-0.1, -0.05) is 37.4 Å². The SMILES string of the molecule is C=C(C)C(=O)OCCCNc1cccc2c1C(=O)c1c(NCCCOC(=O)C(=C)C)cccc1C2=O. The van der Waals surface area contributed by atoms with Gasteiger partial charge in [0.25, 0.3) is 0 Å². The number of carbonyl (C=O) groups is 4. The van der Waals surface area contributed by atoms with Gasteiger partial charge in [-0.3, -0.25) is 9.59 Å². The molecule has 8 heteroatoms. The number of ether oxygens (including phenoxy) is 2. The van der Waals surface area contributed by atoms with Crippen molar-refractivity contribution in [3.63, 3.8) is 0 Å². The van der Waals surface area contributed by atoms with Crippen LogP contribution in [0.3, 0.4) is 0 Å². The third-order valence-corrected chi connectivity index (χ3v) is 5.51. The monoisotopic (exact) mass is 490 g/mol. The number of ketones is 2. The van der Waals surface area contributed by atoms with Gasteiger partial charge < -0.3 is 20.1 Å². The van der Waals surface area contributed by atoms with Crippen molar-refractivity contribution in [3.05, 3.63) is 83.0 Å². The maximum absolute atomic E-state index is 13.6. The van der Waals surface area contributed by atoms with Gasteiger partial charge in [0.15, 0.2) is 11.6 Å². The maximum Gasteiger partial charge on any atom is 0.333 e. The fourth-order valence-electron chi connectivity index (χ4n) is 3.70. The molecule has 0 spiro atoms. The summed E-state index contributed by atoms with van der Waals surface area (Å²) in [5.74, 6) is -1.37. The number of hydrogen-bond donors (Lipinski definition) is 2. The number of carbonyl (C=O) groups excluding carboxylic acids is 4. The summed E-state index contributed by atoms with van der Waals surface area (Å²) >= 11 is 0. The average Bonchev–Trinajstić information content (AvgIpc) is 2.86. The van der Waals surface area contributed by atoms with Crippen LogP contribution in [0.2, 0.25) is 0 Å². The van der Waals surface area contributed by atoms with Crippen LogP contribution in [0.4, 0.5) is 11.4 Å². The molecule has 0 heterocycles. The number of fused-ring (bicyclic) bond motifs is 2. The molecule has 0 saturated heterocycles. The van der Waals surface area contributed by atoms with Crippen LogP contribution in [-0.4, -0.2) is 49.8 Å². The lowest BCUT2D eigenvalue weighted by Crippen LogP contribution is -2.24. The Morgan fingerprint density at radius 1 is 0.722 bits per heavy atom. The highest BCUT2D eigenvalue weighted by Gasteiger charge is 2.33. The van der Waals surface area contributed by atoms with Crippen molar-refractivity contribution in [3.8, 4) is 0 Å². The summed E-state index contributed by atoms with van der Waals surface area (Å²) in [6, 6.07) is 10.3. The molecule has 0 aliphatic heterocycles. The smallest absolute Gasteiger partial charge is 0.333 e. The molecule has 2 N–H and O–H groups in total. The Bertz CT molecular complexity index is 1140. The van der Waals surface area contributed by atoms with E-state index in [4.69, 9.17) is 9.47 Å². The number of hydrogen-bond acceptors (Lipinski definition) is 8. The quantitative estimate of drug-likeness (QED) is 0.220. The first kappa shape index (κ1) is 26.4. The first-order valence-electron chi connectivity index (χ1n) is 11.7. The zero-order chi connectivity index (χ0) is 26.2. The van der Waals surface area contributed by atoms with Crippen LogP contribution >= 0.6 is 0 Å². The third kappa shape index (κ3) is 6.07. The first-order chi connectivity index (χ1) is 17.2. The van der Waals surface area contributed by atoms with Gasteiger partial charge in [0.2, 0.25) is 0 Å². The fourth-order valence-corrected chi connectivity index (χ4v) is 3.70. The molecular formula is C28H30N2O6. The Morgan fingerprint density at radius 2 is 1.14 bits per heavy atom. The van der Waals surface area contributed by atoms with Crippen molar-refractivity contribution in [1.82, 2.24) is 0 Å². The fraction of sp³-hybridized carbons (Fsp3) is 0.286. The summed E-state index contributed by atoms with van der Waals surface area (Å²) in [4.78, 5) is 49.9. The standard InChI is InChI=1S/C28H30N2O6/c1-17(2)27(33)35-15-7-13-29-21-11-5-9-19-23(21)26(32)24-20(25(19)31)10-6-12-22(24)30-14-8-16-36-28(34)18(3)4/h5-6,9-12,29-30H,1,3,7-8,13-16H2,2,4H3. The van der Waals surface area contributed by atoms with E-state index in [-0.39, 0.29) is 24.8 Å². The molecule has 3 rings (SSSR count). The molecule has 0 unspecified atom stereocenters. The van der Waals surface area contributed by atoms with Gasteiger partial charge in [0.1, 0.15) is 0 Å². The highest BCUT2D eigenvalue weighted by Crippen LogP contribution is 2.35. The second-order valence-corrected chi connectivity index (χ2v) is 8.51. The van der Waals surface area contributed by atoms with Gasteiger partial charge in [0.05, 0.1) is 24.3 Å². The molecule has 0 saturated carbocycles. The minimum absolute atomic E-state index is 0.208. The molecule has 2 aromatic rings. The summed E-state index contributed by atoms with van der Waals surface area (Å²) in [5, 5.41) is 6.39. The second kappa shape index (κ2) is 12.0. The van der Waals surface area contributed by atoms with E-state index in [1.54, 1.807) is 50.2 Å². The van der Waals surface area contributed by atoms with Crippen LogP contribution in [0.15, 0.2) is 60.7 Å². The van der Waals surface area contributed by atoms with E-state index in [0.29, 0.717) is 70.7 Å². The molecule has 36 heavy (non-hydrogen) atoms. The van der Waals surface area contributed by atoms with Crippen LogP contribution in [0.1, 0.15) is 58.5 Å². The van der Waals surface area contributed by atoms with Crippen LogP contribution in [0.5, 0.6) is 0 Å². The van der Waals surface area contributed by atoms with Gasteiger partial charge in [-0.05, 0) is 38.8 Å². The Hall–Kier alpha value is -4.20. The lowest BCUT2D eigenvalue weighted by atomic mass is 9.82. The molecule has 188 valence electrons. The predicted octanol–water partition coefficient (Wildman–Crippen LogP) is 4.30. The number of benzene rings is 2. The van der Waals surface area contributed by atoms with Crippen LogP contribution < -0.4 is 10.6 Å². The van der Waals surface area contributed by atoms with Gasteiger partial charge in [-0.2, -0.15) is 0 Å². The van der Waals surface area contributed by atoms with E-state index in [0.717, 1.165) is 0 Å². The largest absolute Gasteiger partial charge is 0.462 e. The first-order valence-corrected chi connectivity index (χ1v) is 11.7. The van der Waals surface area contributed by atoms with Gasteiger partial charge >= 0.3 is 11.9 Å². The van der Waals surface area contributed by atoms with Crippen molar-refractivity contribution in [1.29, 1.82) is 0 Å². The minimum atomic E-state index is -0.446. The van der Waals surface area contributed by atoms with E-state index in [9.17, 15) is 19.2 Å². The summed E-state index contributed by atoms with van der Waals surface area (Å²) in [5.41, 5.74) is 3.08. The Labute approximate surface area is 210 Å². The van der Waals surface area contributed by atoms with Crippen LogP contribution in [0.25, 0.3) is 0 Å². The molecule has 0 aromatic heterocycles. The molecule has 0 bridgehead atoms. The number of anilines is 2. The van der Waals surface area contributed by atoms with Crippen molar-refractivity contribution >= 4 is 34.9 Å². The van der Waals surface area contributed by atoms with Gasteiger partial charge in [0, 0.05) is 46.7 Å². The van der Waals surface area contributed by atoms with Gasteiger partial charge in [-0.25, -0.2) is 9.59 Å². The van der Waals surface area contributed by atoms with E-state index in [2.05, 4.69) is 23.8 Å². The zero-order valence-electron chi connectivity index (χ0n) is 20.6. The summed E-state index contributed by atoms with van der Waals surface area (Å²) in [7, 11) is 0. The van der Waals surface area contributed by atoms with Crippen molar-refractivity contribution in [2.24, 2.45) is 0 Å². The number of nitrogens with one attached hydrogen (secondary N) is 2. The normalized spacial score (nSPS) is 11.7. The van der Waals surface area contributed by atoms with Crippen LogP contribution in [-0.2, 0) is 19.1 Å². The Kier molecular flexibility index (Phi) is 8.78. The second-order valence-electron chi connectivity index (χ2n) is 8.51. The molecule has 1 aliphatic carbocycles. The molecule has 0 amide bonds. The zero-order valence-corrected chi connectivity index (χ0v) is 20.6. The van der Waals surface area contributed by atoms with E-state index in [1.165, 1.54) is 0 Å². The van der Waals surface area contributed by atoms with E-state index < -0.39 is 11.9 Å². The average molecular weight is 491 g/mol. The highest BCUT2D eigenvalue weighted by molar-refractivity contribution is 6.31. The molecule has 0 radical (unpaired) electrons. The highest BCUT2D eigenvalue weighted by atomic mass is 16.5. The van der Waals surface area contributed by atoms with Crippen molar-refractivity contribution in [2.45, 2.75) is 26.7 Å². The third-order valence-electron chi connectivity index (χ3n) is 5.51. The predicted molar refractivity (Wildman–Crippen MR) is 138 cm³/mol. The van der Waals surface area contributed by atoms with Gasteiger partial charge in [-0.15, -0.1) is 0 Å². The van der Waals surface area contributed by atoms with Crippen molar-refractivity contribution in [2.75, 3.05) is 36.9 Å². The Balaban J connectivity index is 1.70. The molecular weight excluding hydrogens is 460 g/mol. The summed E-state index contributed by atoms with van der Waals surface area (Å²) in [6.07, 6.45) is 1.04. The molecule has 1 aliphatic rings. The van der Waals surface area contributed by atoms with Crippen LogP contribution in [0, 0.1) is 0 Å². The molecule has 0 atom stereocenters. The maximum atomic E-state index is 13.6. The van der Waals surface area contributed by atoms with E-state index in [1.807, 2.05) is 0 Å². The van der Waals surface area contributed by atoms with E-state index >= 15 is 0 Å².